The highest BCUT2D eigenvalue weighted by atomic mass is 32.1. The summed E-state index contributed by atoms with van der Waals surface area (Å²) >= 11 is 4.69. The average molecular weight is 199 g/mol. The number of rotatable bonds is 2. The van der Waals surface area contributed by atoms with Crippen molar-refractivity contribution < 1.29 is 14.8 Å². The second kappa shape index (κ2) is 3.44. The zero-order valence-corrected chi connectivity index (χ0v) is 7.15. The first kappa shape index (κ1) is 9.53. The van der Waals surface area contributed by atoms with Gasteiger partial charge in [-0.25, -0.2) is 4.79 Å². The largest absolute Gasteiger partial charge is 0.478 e. The van der Waals surface area contributed by atoms with E-state index in [-0.39, 0.29) is 10.4 Å². The summed E-state index contributed by atoms with van der Waals surface area (Å²) in [6.45, 7) is 0. The summed E-state index contributed by atoms with van der Waals surface area (Å²) < 4.78 is 0. The van der Waals surface area contributed by atoms with Gasteiger partial charge in [0.1, 0.15) is 5.57 Å². The first-order valence-corrected chi connectivity index (χ1v) is 3.73. The molecule has 0 amide bonds. The smallest absolute Gasteiger partial charge is 0.338 e. The molecule has 0 aromatic rings. The van der Waals surface area contributed by atoms with E-state index in [0.29, 0.717) is 0 Å². The van der Waals surface area contributed by atoms with Crippen molar-refractivity contribution in [2.45, 2.75) is 6.04 Å². The lowest BCUT2D eigenvalue weighted by Crippen LogP contribution is -2.27. The molecular formula is C7H5NO4S. The van der Waals surface area contributed by atoms with Gasteiger partial charge in [0.25, 0.3) is 6.04 Å². The normalized spacial score (nSPS) is 21.1. The fraction of sp³-hybridized carbons (Fsp3) is 0.143. The molecule has 1 aliphatic rings. The van der Waals surface area contributed by atoms with Crippen LogP contribution in [0.2, 0.25) is 0 Å². The molecular weight excluding hydrogens is 194 g/mol. The van der Waals surface area contributed by atoms with E-state index < -0.39 is 16.9 Å². The Balaban J connectivity index is 3.05. The second-order valence-electron chi connectivity index (χ2n) is 2.40. The Bertz CT molecular complexity index is 344. The van der Waals surface area contributed by atoms with Crippen molar-refractivity contribution in [1.82, 2.24) is 0 Å². The van der Waals surface area contributed by atoms with Gasteiger partial charge < -0.3 is 5.11 Å². The number of carbonyl (C=O) groups is 1. The number of hydrogen-bond acceptors (Lipinski definition) is 4. The van der Waals surface area contributed by atoms with E-state index in [2.05, 4.69) is 0 Å². The predicted octanol–water partition coefficient (Wildman–Crippen LogP) is 0.582. The number of nitro groups is 1. The van der Waals surface area contributed by atoms with Crippen LogP contribution in [0, 0.1) is 10.1 Å². The molecule has 0 aliphatic heterocycles. The van der Waals surface area contributed by atoms with Gasteiger partial charge in [0.15, 0.2) is 0 Å². The molecule has 1 aliphatic carbocycles. The van der Waals surface area contributed by atoms with E-state index in [9.17, 15) is 14.9 Å². The van der Waals surface area contributed by atoms with Crippen molar-refractivity contribution in [2.24, 2.45) is 0 Å². The number of nitrogens with zero attached hydrogens (tertiary/aromatic N) is 1. The van der Waals surface area contributed by atoms with Gasteiger partial charge in [0, 0.05) is 9.79 Å². The maximum absolute atomic E-state index is 10.5. The van der Waals surface area contributed by atoms with Crippen molar-refractivity contribution >= 4 is 23.1 Å². The molecule has 0 radical (unpaired) electrons. The fourth-order valence-corrected chi connectivity index (χ4v) is 1.15. The number of carboxylic acids is 1. The highest BCUT2D eigenvalue weighted by Crippen LogP contribution is 2.13. The highest BCUT2D eigenvalue weighted by Gasteiger charge is 2.30. The summed E-state index contributed by atoms with van der Waals surface area (Å²) in [7, 11) is 0. The van der Waals surface area contributed by atoms with Crippen molar-refractivity contribution in [1.29, 1.82) is 0 Å². The van der Waals surface area contributed by atoms with E-state index in [4.69, 9.17) is 17.3 Å². The van der Waals surface area contributed by atoms with E-state index in [1.807, 2.05) is 0 Å². The SMILES string of the molecule is O=C(O)C1=CC(=S)C=CC1[N+](=O)[O-]. The highest BCUT2D eigenvalue weighted by molar-refractivity contribution is 7.81. The zero-order valence-electron chi connectivity index (χ0n) is 6.34. The molecule has 13 heavy (non-hydrogen) atoms. The van der Waals surface area contributed by atoms with E-state index in [1.165, 1.54) is 12.2 Å². The molecule has 6 heteroatoms. The number of hydrogen-bond donors (Lipinski definition) is 1. The van der Waals surface area contributed by atoms with Crippen LogP contribution in [0.4, 0.5) is 0 Å². The summed E-state index contributed by atoms with van der Waals surface area (Å²) in [6.07, 6.45) is 3.66. The first-order chi connectivity index (χ1) is 6.02. The predicted molar refractivity (Wildman–Crippen MR) is 48.2 cm³/mol. The Morgan fingerprint density at radius 1 is 1.69 bits per heavy atom. The Labute approximate surface area is 78.5 Å². The lowest BCUT2D eigenvalue weighted by Gasteiger charge is -2.09. The van der Waals surface area contributed by atoms with Crippen LogP contribution >= 0.6 is 12.2 Å². The molecule has 0 spiro atoms. The third-order valence-electron chi connectivity index (χ3n) is 1.53. The standard InChI is InChI=1S/C7H5NO4S/c9-7(10)5-3-4(13)1-2-6(5)8(11)12/h1-3,6H,(H,9,10). The molecule has 68 valence electrons. The Kier molecular flexibility index (Phi) is 2.52. The molecule has 0 aromatic heterocycles. The Morgan fingerprint density at radius 2 is 2.31 bits per heavy atom. The number of carboxylic acid groups (broad SMARTS) is 1. The third kappa shape index (κ3) is 1.97. The van der Waals surface area contributed by atoms with Crippen LogP contribution in [-0.2, 0) is 4.79 Å². The third-order valence-corrected chi connectivity index (χ3v) is 1.79. The summed E-state index contributed by atoms with van der Waals surface area (Å²) in [4.78, 5) is 20.6. The van der Waals surface area contributed by atoms with Crippen LogP contribution in [0.25, 0.3) is 0 Å². The average Bonchev–Trinajstić information content (AvgIpc) is 2.03. The summed E-state index contributed by atoms with van der Waals surface area (Å²) in [5, 5.41) is 19.0. The summed E-state index contributed by atoms with van der Waals surface area (Å²) in [5.74, 6) is -1.31. The minimum absolute atomic E-state index is 0.288. The van der Waals surface area contributed by atoms with Crippen LogP contribution in [0.5, 0.6) is 0 Å². The topological polar surface area (TPSA) is 80.4 Å². The molecule has 0 bridgehead atoms. The van der Waals surface area contributed by atoms with Crippen molar-refractivity contribution in [3.63, 3.8) is 0 Å². The Hall–Kier alpha value is -1.56. The Morgan fingerprint density at radius 3 is 2.77 bits per heavy atom. The minimum atomic E-state index is -1.31. The summed E-state index contributed by atoms with van der Waals surface area (Å²) in [6, 6.07) is -1.29. The van der Waals surface area contributed by atoms with E-state index >= 15 is 0 Å². The molecule has 0 fully saturated rings. The zero-order chi connectivity index (χ0) is 10.0. The van der Waals surface area contributed by atoms with Crippen LogP contribution in [-0.4, -0.2) is 26.9 Å². The van der Waals surface area contributed by atoms with Gasteiger partial charge in [0.05, 0.1) is 0 Å². The van der Waals surface area contributed by atoms with Gasteiger partial charge in [-0.3, -0.25) is 10.1 Å². The lowest BCUT2D eigenvalue weighted by molar-refractivity contribution is -0.498. The molecule has 0 saturated heterocycles. The fourth-order valence-electron chi connectivity index (χ4n) is 0.948. The maximum Gasteiger partial charge on any atom is 0.338 e. The van der Waals surface area contributed by atoms with Crippen LogP contribution < -0.4 is 0 Å². The first-order valence-electron chi connectivity index (χ1n) is 3.33. The van der Waals surface area contributed by atoms with Crippen LogP contribution in [0.15, 0.2) is 23.8 Å². The lowest BCUT2D eigenvalue weighted by atomic mass is 10.0. The molecule has 1 N–H and O–H groups in total. The van der Waals surface area contributed by atoms with Gasteiger partial charge in [-0.2, -0.15) is 0 Å². The van der Waals surface area contributed by atoms with Crippen LogP contribution in [0.3, 0.4) is 0 Å². The van der Waals surface area contributed by atoms with Gasteiger partial charge >= 0.3 is 5.97 Å². The minimum Gasteiger partial charge on any atom is -0.478 e. The monoisotopic (exact) mass is 199 g/mol. The van der Waals surface area contributed by atoms with Crippen molar-refractivity contribution in [3.8, 4) is 0 Å². The maximum atomic E-state index is 10.5. The second-order valence-corrected chi connectivity index (χ2v) is 2.87. The van der Waals surface area contributed by atoms with Crippen molar-refractivity contribution in [2.75, 3.05) is 0 Å². The molecule has 1 rings (SSSR count). The van der Waals surface area contributed by atoms with E-state index in [1.54, 1.807) is 0 Å². The number of allylic oxidation sites excluding steroid dienone is 2. The molecule has 1 unspecified atom stereocenters. The number of thiocarbonyl (C=S) groups is 1. The molecule has 0 saturated carbocycles. The van der Waals surface area contributed by atoms with Crippen molar-refractivity contribution in [3.05, 3.63) is 33.9 Å². The van der Waals surface area contributed by atoms with Gasteiger partial charge in [-0.1, -0.05) is 12.2 Å². The summed E-state index contributed by atoms with van der Waals surface area (Å²) in [5.41, 5.74) is -0.294. The quantitative estimate of drug-likeness (QED) is 0.399. The molecule has 0 heterocycles. The molecule has 5 nitrogen and oxygen atoms in total. The molecule has 0 aromatic carbocycles. The van der Waals surface area contributed by atoms with Gasteiger partial charge in [0.2, 0.25) is 0 Å². The van der Waals surface area contributed by atoms with Gasteiger partial charge in [-0.05, 0) is 18.2 Å². The van der Waals surface area contributed by atoms with Gasteiger partial charge in [-0.15, -0.1) is 0 Å². The van der Waals surface area contributed by atoms with Crippen LogP contribution in [0.1, 0.15) is 0 Å². The molecule has 1 atom stereocenters. The number of aliphatic carboxylic acids is 1. The van der Waals surface area contributed by atoms with E-state index in [0.717, 1.165) is 6.08 Å².